The van der Waals surface area contributed by atoms with Gasteiger partial charge in [0.05, 0.1) is 12.5 Å². The van der Waals surface area contributed by atoms with Crippen molar-refractivity contribution >= 4 is 29.3 Å². The molecule has 1 aliphatic rings. The van der Waals surface area contributed by atoms with Crippen LogP contribution in [0.25, 0.3) is 0 Å². The minimum Gasteiger partial charge on any atom is -0.381 e. The minimum atomic E-state index is -0.120. The summed E-state index contributed by atoms with van der Waals surface area (Å²) in [6, 6.07) is 13.6. The van der Waals surface area contributed by atoms with Crippen LogP contribution in [0.2, 0.25) is 0 Å². The van der Waals surface area contributed by atoms with Crippen molar-refractivity contribution in [2.24, 2.45) is 5.92 Å². The van der Waals surface area contributed by atoms with E-state index in [1.165, 1.54) is 4.90 Å². The number of anilines is 1. The number of ether oxygens (including phenoxy) is 1. The second kappa shape index (κ2) is 9.26. The number of aryl methyl sites for hydroxylation is 1. The summed E-state index contributed by atoms with van der Waals surface area (Å²) in [5.74, 6) is -0.244. The fourth-order valence-electron chi connectivity index (χ4n) is 3.20. The van der Waals surface area contributed by atoms with Gasteiger partial charge in [0.15, 0.2) is 0 Å². The van der Waals surface area contributed by atoms with Gasteiger partial charge < -0.3 is 15.0 Å². The van der Waals surface area contributed by atoms with Crippen molar-refractivity contribution in [3.05, 3.63) is 59.2 Å². The standard InChI is InChI=1S/C22H26N2O3S/c1-15-7-8-17(12-20(15)23-21(25)18-9-10-27-14-18)22(26)24(2)13-16-5-4-6-19(11-16)28-3/h4-8,11-12,18H,9-10,13-14H2,1-3H3,(H,23,25). The number of nitrogens with one attached hydrogen (secondary N) is 1. The molecule has 28 heavy (non-hydrogen) atoms. The zero-order valence-corrected chi connectivity index (χ0v) is 17.3. The molecule has 2 aromatic rings. The maximum atomic E-state index is 12.9. The molecule has 0 aliphatic carbocycles. The van der Waals surface area contributed by atoms with E-state index in [0.29, 0.717) is 31.0 Å². The van der Waals surface area contributed by atoms with Gasteiger partial charge in [0.2, 0.25) is 5.91 Å². The lowest BCUT2D eigenvalue weighted by Crippen LogP contribution is -2.27. The molecule has 5 nitrogen and oxygen atoms in total. The van der Waals surface area contributed by atoms with Crippen molar-refractivity contribution < 1.29 is 14.3 Å². The highest BCUT2D eigenvalue weighted by molar-refractivity contribution is 7.98. The molecule has 0 radical (unpaired) electrons. The molecule has 1 fully saturated rings. The molecule has 1 unspecified atom stereocenters. The highest BCUT2D eigenvalue weighted by atomic mass is 32.2. The highest BCUT2D eigenvalue weighted by Crippen LogP contribution is 2.22. The molecular weight excluding hydrogens is 372 g/mol. The predicted molar refractivity (Wildman–Crippen MR) is 113 cm³/mol. The molecule has 6 heteroatoms. The van der Waals surface area contributed by atoms with Gasteiger partial charge in [-0.1, -0.05) is 18.2 Å². The van der Waals surface area contributed by atoms with Crippen LogP contribution in [0.5, 0.6) is 0 Å². The summed E-state index contributed by atoms with van der Waals surface area (Å²) in [4.78, 5) is 28.2. The number of carbonyl (C=O) groups is 2. The van der Waals surface area contributed by atoms with Gasteiger partial charge >= 0.3 is 0 Å². The molecular formula is C22H26N2O3S. The second-order valence-corrected chi connectivity index (χ2v) is 7.97. The lowest BCUT2D eigenvalue weighted by Gasteiger charge is -2.19. The maximum absolute atomic E-state index is 12.9. The Hall–Kier alpha value is -2.31. The van der Waals surface area contributed by atoms with Gasteiger partial charge in [-0.25, -0.2) is 0 Å². The van der Waals surface area contributed by atoms with Gasteiger partial charge in [0, 0.05) is 36.3 Å². The van der Waals surface area contributed by atoms with E-state index in [2.05, 4.69) is 17.4 Å². The van der Waals surface area contributed by atoms with Gasteiger partial charge in [0.25, 0.3) is 5.91 Å². The molecule has 3 rings (SSSR count). The van der Waals surface area contributed by atoms with E-state index in [1.54, 1.807) is 35.8 Å². The molecule has 1 saturated heterocycles. The molecule has 1 atom stereocenters. The predicted octanol–water partition coefficient (Wildman–Crippen LogP) is 3.96. The summed E-state index contributed by atoms with van der Waals surface area (Å²) in [7, 11) is 1.79. The molecule has 2 aromatic carbocycles. The van der Waals surface area contributed by atoms with Crippen LogP contribution in [0.15, 0.2) is 47.4 Å². The van der Waals surface area contributed by atoms with Crippen LogP contribution in [0, 0.1) is 12.8 Å². The van der Waals surface area contributed by atoms with Gasteiger partial charge in [-0.2, -0.15) is 0 Å². The van der Waals surface area contributed by atoms with E-state index < -0.39 is 0 Å². The molecule has 0 aromatic heterocycles. The third kappa shape index (κ3) is 4.94. The SMILES string of the molecule is CSc1cccc(CN(C)C(=O)c2ccc(C)c(NC(=O)C3CCOC3)c2)c1. The summed E-state index contributed by atoms with van der Waals surface area (Å²) >= 11 is 1.68. The average molecular weight is 399 g/mol. The summed E-state index contributed by atoms with van der Waals surface area (Å²) in [6.07, 6.45) is 2.77. The number of thioether (sulfide) groups is 1. The fraction of sp³-hybridized carbons (Fsp3) is 0.364. The molecule has 1 heterocycles. The van der Waals surface area contributed by atoms with E-state index in [1.807, 2.05) is 31.4 Å². The average Bonchev–Trinajstić information content (AvgIpc) is 3.24. The van der Waals surface area contributed by atoms with E-state index in [9.17, 15) is 9.59 Å². The number of hydrogen-bond acceptors (Lipinski definition) is 4. The first-order chi connectivity index (χ1) is 13.5. The van der Waals surface area contributed by atoms with E-state index in [4.69, 9.17) is 4.74 Å². The molecule has 0 saturated carbocycles. The number of benzene rings is 2. The van der Waals surface area contributed by atoms with Gasteiger partial charge in [-0.15, -0.1) is 11.8 Å². The Morgan fingerprint density at radius 3 is 2.79 bits per heavy atom. The Bertz CT molecular complexity index is 863. The Morgan fingerprint density at radius 1 is 1.25 bits per heavy atom. The van der Waals surface area contributed by atoms with Crippen LogP contribution in [-0.4, -0.2) is 43.2 Å². The summed E-state index contributed by atoms with van der Waals surface area (Å²) in [6.45, 7) is 3.54. The number of nitrogens with zero attached hydrogens (tertiary/aromatic N) is 1. The first-order valence-electron chi connectivity index (χ1n) is 9.35. The fourth-order valence-corrected chi connectivity index (χ4v) is 3.69. The van der Waals surface area contributed by atoms with Crippen LogP contribution in [0.1, 0.15) is 27.9 Å². The van der Waals surface area contributed by atoms with Crippen molar-refractivity contribution in [1.29, 1.82) is 0 Å². The summed E-state index contributed by atoms with van der Waals surface area (Å²) < 4.78 is 5.29. The largest absolute Gasteiger partial charge is 0.381 e. The van der Waals surface area contributed by atoms with Crippen molar-refractivity contribution in [3.8, 4) is 0 Å². The lowest BCUT2D eigenvalue weighted by atomic mass is 10.1. The smallest absolute Gasteiger partial charge is 0.253 e. The molecule has 1 N–H and O–H groups in total. The first-order valence-corrected chi connectivity index (χ1v) is 10.6. The van der Waals surface area contributed by atoms with Gasteiger partial charge in [-0.05, 0) is 55.0 Å². The van der Waals surface area contributed by atoms with Crippen LogP contribution < -0.4 is 5.32 Å². The van der Waals surface area contributed by atoms with Crippen LogP contribution in [0.3, 0.4) is 0 Å². The first kappa shape index (κ1) is 20.4. The third-order valence-corrected chi connectivity index (χ3v) is 5.67. The molecule has 1 aliphatic heterocycles. The minimum absolute atomic E-state index is 0.0487. The second-order valence-electron chi connectivity index (χ2n) is 7.09. The summed E-state index contributed by atoms with van der Waals surface area (Å²) in [5, 5.41) is 2.96. The van der Waals surface area contributed by atoms with E-state index >= 15 is 0 Å². The Morgan fingerprint density at radius 2 is 2.07 bits per heavy atom. The topological polar surface area (TPSA) is 58.6 Å². The number of amides is 2. The Balaban J connectivity index is 1.71. The van der Waals surface area contributed by atoms with Crippen molar-refractivity contribution in [2.45, 2.75) is 24.8 Å². The van der Waals surface area contributed by atoms with Crippen molar-refractivity contribution in [1.82, 2.24) is 4.90 Å². The molecule has 2 amide bonds. The van der Waals surface area contributed by atoms with Crippen LogP contribution >= 0.6 is 11.8 Å². The zero-order valence-electron chi connectivity index (χ0n) is 16.5. The third-order valence-electron chi connectivity index (χ3n) is 4.94. The molecule has 0 bridgehead atoms. The quantitative estimate of drug-likeness (QED) is 0.748. The van der Waals surface area contributed by atoms with Crippen molar-refractivity contribution in [3.63, 3.8) is 0 Å². The van der Waals surface area contributed by atoms with E-state index in [0.717, 1.165) is 17.5 Å². The monoisotopic (exact) mass is 398 g/mol. The number of rotatable bonds is 6. The van der Waals surface area contributed by atoms with Gasteiger partial charge in [0.1, 0.15) is 0 Å². The Labute approximate surface area is 170 Å². The van der Waals surface area contributed by atoms with Crippen molar-refractivity contribution in [2.75, 3.05) is 31.8 Å². The Kier molecular flexibility index (Phi) is 6.75. The zero-order chi connectivity index (χ0) is 20.1. The molecule has 148 valence electrons. The maximum Gasteiger partial charge on any atom is 0.253 e. The van der Waals surface area contributed by atoms with Crippen LogP contribution in [0.4, 0.5) is 5.69 Å². The lowest BCUT2D eigenvalue weighted by molar-refractivity contribution is -0.119. The van der Waals surface area contributed by atoms with E-state index in [-0.39, 0.29) is 17.7 Å². The highest BCUT2D eigenvalue weighted by Gasteiger charge is 2.24. The summed E-state index contributed by atoms with van der Waals surface area (Å²) in [5.41, 5.74) is 3.26. The number of carbonyl (C=O) groups excluding carboxylic acids is 2. The normalized spacial score (nSPS) is 16.0. The molecule has 0 spiro atoms. The van der Waals surface area contributed by atoms with Crippen LogP contribution in [-0.2, 0) is 16.1 Å². The number of hydrogen-bond donors (Lipinski definition) is 1. The van der Waals surface area contributed by atoms with Gasteiger partial charge in [-0.3, -0.25) is 9.59 Å².